The fourth-order valence-corrected chi connectivity index (χ4v) is 3.68. The molecule has 1 aromatic heterocycles. The van der Waals surface area contributed by atoms with Gasteiger partial charge in [-0.15, -0.1) is 0 Å². The number of aromatic nitrogens is 1. The number of benzene rings is 1. The summed E-state index contributed by atoms with van der Waals surface area (Å²) in [4.78, 5) is 22.2. The first-order valence-corrected chi connectivity index (χ1v) is 9.78. The molecule has 1 aliphatic rings. The number of pyridine rings is 1. The highest BCUT2D eigenvalue weighted by atomic mass is 79.9. The normalized spacial score (nSPS) is 18.3. The standard InChI is InChI=1S/C20H23BrFN3O2/c1-20(2,3)27-19(26)24-11-13-5-4-8-25(12-13)17-6-7-23-18-15(17)9-14(21)10-16(18)22/h6-7,9-11,13H,4-5,8,12H2,1-3H3. The molecule has 1 amide bonds. The van der Waals surface area contributed by atoms with Crippen LogP contribution in [0.15, 0.2) is 33.9 Å². The summed E-state index contributed by atoms with van der Waals surface area (Å²) in [6.07, 6.45) is 4.66. The Bertz CT molecular complexity index is 879. The number of aliphatic imine (C=N–C) groups is 1. The highest BCUT2D eigenvalue weighted by Crippen LogP contribution is 2.32. The molecule has 0 N–H and O–H groups in total. The monoisotopic (exact) mass is 435 g/mol. The SMILES string of the molecule is CC(C)(C)OC(=O)N=CC1CCCN(c2ccnc3c(F)cc(Br)cc23)C1. The molecule has 27 heavy (non-hydrogen) atoms. The minimum atomic E-state index is -0.569. The van der Waals surface area contributed by atoms with E-state index in [1.807, 2.05) is 32.9 Å². The van der Waals surface area contributed by atoms with Crippen LogP contribution in [0.2, 0.25) is 0 Å². The van der Waals surface area contributed by atoms with Crippen molar-refractivity contribution in [1.82, 2.24) is 4.98 Å². The molecule has 1 fully saturated rings. The number of carbonyl (C=O) groups excluding carboxylic acids is 1. The van der Waals surface area contributed by atoms with E-state index in [0.717, 1.165) is 30.5 Å². The van der Waals surface area contributed by atoms with Gasteiger partial charge in [-0.1, -0.05) is 15.9 Å². The van der Waals surface area contributed by atoms with Gasteiger partial charge in [0.25, 0.3) is 0 Å². The zero-order valence-electron chi connectivity index (χ0n) is 15.7. The van der Waals surface area contributed by atoms with Gasteiger partial charge in [0.15, 0.2) is 5.82 Å². The molecule has 0 bridgehead atoms. The van der Waals surface area contributed by atoms with Crippen LogP contribution in [0.25, 0.3) is 10.9 Å². The molecule has 0 spiro atoms. The molecule has 7 heteroatoms. The smallest absolute Gasteiger partial charge is 0.433 e. The summed E-state index contributed by atoms with van der Waals surface area (Å²) in [6, 6.07) is 5.21. The first-order valence-electron chi connectivity index (χ1n) is 8.99. The molecule has 1 saturated heterocycles. The first kappa shape index (κ1) is 19.7. The van der Waals surface area contributed by atoms with Crippen molar-refractivity contribution >= 4 is 44.8 Å². The lowest BCUT2D eigenvalue weighted by molar-refractivity contribution is 0.0604. The van der Waals surface area contributed by atoms with Crippen LogP contribution in [-0.2, 0) is 4.74 Å². The quantitative estimate of drug-likeness (QED) is 0.595. The molecule has 1 aliphatic heterocycles. The van der Waals surface area contributed by atoms with Gasteiger partial charge < -0.3 is 9.64 Å². The Kier molecular flexibility index (Phi) is 5.79. The Morgan fingerprint density at radius 1 is 1.44 bits per heavy atom. The van der Waals surface area contributed by atoms with Gasteiger partial charge in [0, 0.05) is 47.0 Å². The molecule has 0 radical (unpaired) electrons. The maximum absolute atomic E-state index is 14.2. The lowest BCUT2D eigenvalue weighted by atomic mass is 9.98. The van der Waals surface area contributed by atoms with Crippen molar-refractivity contribution in [3.05, 3.63) is 34.7 Å². The van der Waals surface area contributed by atoms with E-state index in [4.69, 9.17) is 4.74 Å². The molecule has 1 aromatic carbocycles. The van der Waals surface area contributed by atoms with Crippen molar-refractivity contribution in [1.29, 1.82) is 0 Å². The van der Waals surface area contributed by atoms with Crippen LogP contribution in [0, 0.1) is 11.7 Å². The number of amides is 1. The number of ether oxygens (including phenoxy) is 1. The van der Waals surface area contributed by atoms with E-state index in [2.05, 4.69) is 30.8 Å². The van der Waals surface area contributed by atoms with Crippen LogP contribution in [0.3, 0.4) is 0 Å². The van der Waals surface area contributed by atoms with Gasteiger partial charge in [-0.3, -0.25) is 4.98 Å². The van der Waals surface area contributed by atoms with Gasteiger partial charge >= 0.3 is 6.09 Å². The summed E-state index contributed by atoms with van der Waals surface area (Å²) in [5.41, 5.74) is 0.747. The number of hydrogen-bond donors (Lipinski definition) is 0. The van der Waals surface area contributed by atoms with Crippen LogP contribution >= 0.6 is 15.9 Å². The summed E-state index contributed by atoms with van der Waals surface area (Å²) in [6.45, 7) is 7.02. The van der Waals surface area contributed by atoms with Crippen molar-refractivity contribution in [3.63, 3.8) is 0 Å². The van der Waals surface area contributed by atoms with E-state index in [1.54, 1.807) is 12.4 Å². The number of rotatable bonds is 2. The van der Waals surface area contributed by atoms with Gasteiger partial charge in [-0.05, 0) is 51.8 Å². The van der Waals surface area contributed by atoms with Crippen LogP contribution in [-0.4, -0.2) is 36.0 Å². The molecular formula is C20H23BrFN3O2. The Labute approximate surface area is 166 Å². The van der Waals surface area contributed by atoms with E-state index in [-0.39, 0.29) is 11.7 Å². The van der Waals surface area contributed by atoms with E-state index >= 15 is 0 Å². The third kappa shape index (κ3) is 5.03. The molecule has 144 valence electrons. The van der Waals surface area contributed by atoms with Crippen LogP contribution in [0.5, 0.6) is 0 Å². The van der Waals surface area contributed by atoms with Crippen molar-refractivity contribution in [2.75, 3.05) is 18.0 Å². The van der Waals surface area contributed by atoms with Crippen molar-refractivity contribution < 1.29 is 13.9 Å². The lowest BCUT2D eigenvalue weighted by Crippen LogP contribution is -2.36. The minimum Gasteiger partial charge on any atom is -0.442 e. The molecular weight excluding hydrogens is 413 g/mol. The van der Waals surface area contributed by atoms with Gasteiger partial charge in [0.2, 0.25) is 0 Å². The predicted molar refractivity (Wildman–Crippen MR) is 109 cm³/mol. The number of carbonyl (C=O) groups is 1. The van der Waals surface area contributed by atoms with Gasteiger partial charge in [-0.2, -0.15) is 4.99 Å². The fraction of sp³-hybridized carbons (Fsp3) is 0.450. The lowest BCUT2D eigenvalue weighted by Gasteiger charge is -2.33. The zero-order chi connectivity index (χ0) is 19.6. The van der Waals surface area contributed by atoms with Crippen LogP contribution < -0.4 is 4.90 Å². The molecule has 0 saturated carbocycles. The van der Waals surface area contributed by atoms with E-state index in [0.29, 0.717) is 16.5 Å². The Balaban J connectivity index is 1.79. The van der Waals surface area contributed by atoms with Gasteiger partial charge in [-0.25, -0.2) is 9.18 Å². The Hall–Kier alpha value is -2.02. The second-order valence-electron chi connectivity index (χ2n) is 7.72. The summed E-state index contributed by atoms with van der Waals surface area (Å²) < 4.78 is 20.1. The number of halogens is 2. The molecule has 2 aromatic rings. The van der Waals surface area contributed by atoms with E-state index in [1.165, 1.54) is 6.07 Å². The maximum atomic E-state index is 14.2. The summed E-state index contributed by atoms with van der Waals surface area (Å²) in [7, 11) is 0. The van der Waals surface area contributed by atoms with Crippen molar-refractivity contribution in [2.45, 2.75) is 39.2 Å². The zero-order valence-corrected chi connectivity index (χ0v) is 17.3. The molecule has 1 atom stereocenters. The molecule has 1 unspecified atom stereocenters. The third-order valence-corrected chi connectivity index (χ3v) is 4.78. The highest BCUT2D eigenvalue weighted by molar-refractivity contribution is 9.10. The van der Waals surface area contributed by atoms with Crippen molar-refractivity contribution in [2.24, 2.45) is 10.9 Å². The van der Waals surface area contributed by atoms with Crippen molar-refractivity contribution in [3.8, 4) is 0 Å². The fourth-order valence-electron chi connectivity index (χ4n) is 3.25. The second-order valence-corrected chi connectivity index (χ2v) is 8.64. The molecule has 3 rings (SSSR count). The number of nitrogens with zero attached hydrogens (tertiary/aromatic N) is 3. The van der Waals surface area contributed by atoms with Gasteiger partial charge in [0.1, 0.15) is 11.1 Å². The topological polar surface area (TPSA) is 54.8 Å². The highest BCUT2D eigenvalue weighted by Gasteiger charge is 2.22. The Morgan fingerprint density at radius 2 is 2.22 bits per heavy atom. The van der Waals surface area contributed by atoms with Crippen LogP contribution in [0.1, 0.15) is 33.6 Å². The molecule has 0 aliphatic carbocycles. The van der Waals surface area contributed by atoms with Crippen LogP contribution in [0.4, 0.5) is 14.9 Å². The van der Waals surface area contributed by atoms with Gasteiger partial charge in [0.05, 0.1) is 0 Å². The average Bonchev–Trinajstić information content (AvgIpc) is 2.58. The first-order chi connectivity index (χ1) is 12.7. The summed E-state index contributed by atoms with van der Waals surface area (Å²) in [5, 5.41) is 0.772. The maximum Gasteiger partial charge on any atom is 0.433 e. The average molecular weight is 436 g/mol. The number of hydrogen-bond acceptors (Lipinski definition) is 4. The summed E-state index contributed by atoms with van der Waals surface area (Å²) in [5.74, 6) is -0.215. The largest absolute Gasteiger partial charge is 0.442 e. The number of fused-ring (bicyclic) bond motifs is 1. The van der Waals surface area contributed by atoms with E-state index in [9.17, 15) is 9.18 Å². The minimum absolute atomic E-state index is 0.131. The Morgan fingerprint density at radius 3 is 2.96 bits per heavy atom. The molecule has 2 heterocycles. The number of piperidine rings is 1. The summed E-state index contributed by atoms with van der Waals surface area (Å²) >= 11 is 3.36. The predicted octanol–water partition coefficient (Wildman–Crippen LogP) is 5.36. The van der Waals surface area contributed by atoms with E-state index < -0.39 is 11.7 Å². The number of anilines is 1. The molecule has 5 nitrogen and oxygen atoms in total. The second kappa shape index (κ2) is 7.92. The third-order valence-electron chi connectivity index (χ3n) is 4.32.